The maximum absolute atomic E-state index is 9.05. The SMILES string of the molecule is COc1ccc(Cl)cc1/C=C/C=NC(C)(C)CO. The maximum atomic E-state index is 9.05. The van der Waals surface area contributed by atoms with Gasteiger partial charge in [-0.2, -0.15) is 0 Å². The van der Waals surface area contributed by atoms with Gasteiger partial charge in [0.25, 0.3) is 0 Å². The summed E-state index contributed by atoms with van der Waals surface area (Å²) in [6.45, 7) is 3.73. The fourth-order valence-electron chi connectivity index (χ4n) is 1.27. The Labute approximate surface area is 113 Å². The average Bonchev–Trinajstić information content (AvgIpc) is 2.35. The molecule has 3 nitrogen and oxygen atoms in total. The quantitative estimate of drug-likeness (QED) is 0.833. The van der Waals surface area contributed by atoms with Crippen molar-refractivity contribution in [1.29, 1.82) is 0 Å². The van der Waals surface area contributed by atoms with E-state index in [2.05, 4.69) is 4.99 Å². The van der Waals surface area contributed by atoms with Crippen LogP contribution < -0.4 is 4.74 Å². The maximum Gasteiger partial charge on any atom is 0.126 e. The number of hydrogen-bond acceptors (Lipinski definition) is 3. The van der Waals surface area contributed by atoms with Crippen molar-refractivity contribution < 1.29 is 9.84 Å². The van der Waals surface area contributed by atoms with E-state index in [0.717, 1.165) is 11.3 Å². The van der Waals surface area contributed by atoms with E-state index >= 15 is 0 Å². The van der Waals surface area contributed by atoms with Gasteiger partial charge in [-0.15, -0.1) is 0 Å². The molecule has 0 unspecified atom stereocenters. The van der Waals surface area contributed by atoms with Crippen LogP contribution in [-0.2, 0) is 0 Å². The number of aliphatic hydroxyl groups excluding tert-OH is 1. The van der Waals surface area contributed by atoms with E-state index in [1.54, 1.807) is 25.5 Å². The van der Waals surface area contributed by atoms with Crippen LogP contribution in [0.1, 0.15) is 19.4 Å². The molecule has 0 amide bonds. The summed E-state index contributed by atoms with van der Waals surface area (Å²) in [7, 11) is 1.61. The molecule has 0 saturated carbocycles. The molecule has 1 rings (SSSR count). The van der Waals surface area contributed by atoms with Gasteiger partial charge in [-0.25, -0.2) is 0 Å². The molecule has 0 fully saturated rings. The van der Waals surface area contributed by atoms with Gasteiger partial charge in [0.2, 0.25) is 0 Å². The highest BCUT2D eigenvalue weighted by molar-refractivity contribution is 6.30. The van der Waals surface area contributed by atoms with Crippen molar-refractivity contribution in [3.05, 3.63) is 34.9 Å². The van der Waals surface area contributed by atoms with E-state index in [4.69, 9.17) is 21.4 Å². The molecule has 98 valence electrons. The monoisotopic (exact) mass is 267 g/mol. The Bertz CT molecular complexity index is 453. The van der Waals surface area contributed by atoms with Crippen molar-refractivity contribution in [1.82, 2.24) is 0 Å². The molecule has 1 aromatic rings. The first-order chi connectivity index (χ1) is 8.48. The number of nitrogens with zero attached hydrogens (tertiary/aromatic N) is 1. The molecule has 1 aromatic carbocycles. The highest BCUT2D eigenvalue weighted by Gasteiger charge is 2.11. The van der Waals surface area contributed by atoms with E-state index in [1.165, 1.54) is 0 Å². The van der Waals surface area contributed by atoms with Crippen LogP contribution in [0.3, 0.4) is 0 Å². The zero-order valence-electron chi connectivity index (χ0n) is 10.9. The third kappa shape index (κ3) is 4.51. The van der Waals surface area contributed by atoms with Gasteiger partial charge in [0, 0.05) is 16.8 Å². The number of aliphatic hydroxyl groups is 1. The summed E-state index contributed by atoms with van der Waals surface area (Å²) < 4.78 is 5.23. The molecule has 0 aromatic heterocycles. The lowest BCUT2D eigenvalue weighted by atomic mass is 10.1. The summed E-state index contributed by atoms with van der Waals surface area (Å²) in [5.41, 5.74) is 0.432. The molecule has 0 radical (unpaired) electrons. The molecular formula is C14H18ClNO2. The predicted octanol–water partition coefficient (Wildman–Crippen LogP) is 3.20. The smallest absolute Gasteiger partial charge is 0.126 e. The van der Waals surface area contributed by atoms with Crippen molar-refractivity contribution in [2.75, 3.05) is 13.7 Å². The number of ether oxygens (including phenoxy) is 1. The number of methoxy groups -OCH3 is 1. The van der Waals surface area contributed by atoms with Gasteiger partial charge < -0.3 is 9.84 Å². The van der Waals surface area contributed by atoms with Gasteiger partial charge in [-0.05, 0) is 44.2 Å². The first-order valence-corrected chi connectivity index (χ1v) is 6.02. The Morgan fingerprint density at radius 2 is 2.17 bits per heavy atom. The van der Waals surface area contributed by atoms with E-state index in [-0.39, 0.29) is 6.61 Å². The van der Waals surface area contributed by atoms with E-state index in [0.29, 0.717) is 5.02 Å². The average molecular weight is 268 g/mol. The van der Waals surface area contributed by atoms with Crippen LogP contribution in [0.5, 0.6) is 5.75 Å². The first kappa shape index (κ1) is 14.7. The fraction of sp³-hybridized carbons (Fsp3) is 0.357. The van der Waals surface area contributed by atoms with Crippen molar-refractivity contribution in [3.8, 4) is 5.75 Å². The number of benzene rings is 1. The second-order valence-corrected chi connectivity index (χ2v) is 4.93. The Hall–Kier alpha value is -1.32. The van der Waals surface area contributed by atoms with Crippen LogP contribution >= 0.6 is 11.6 Å². The zero-order valence-corrected chi connectivity index (χ0v) is 11.6. The van der Waals surface area contributed by atoms with Crippen molar-refractivity contribution >= 4 is 23.9 Å². The van der Waals surface area contributed by atoms with Crippen LogP contribution in [0.2, 0.25) is 5.02 Å². The molecule has 0 aliphatic rings. The predicted molar refractivity (Wildman–Crippen MR) is 76.7 cm³/mol. The highest BCUT2D eigenvalue weighted by atomic mass is 35.5. The van der Waals surface area contributed by atoms with Gasteiger partial charge in [0.05, 0.1) is 19.3 Å². The molecule has 18 heavy (non-hydrogen) atoms. The number of allylic oxidation sites excluding steroid dienone is 1. The lowest BCUT2D eigenvalue weighted by Gasteiger charge is -2.14. The second kappa shape index (κ2) is 6.57. The minimum Gasteiger partial charge on any atom is -0.496 e. The largest absolute Gasteiger partial charge is 0.496 e. The molecule has 0 spiro atoms. The molecule has 1 N–H and O–H groups in total. The Morgan fingerprint density at radius 3 is 2.78 bits per heavy atom. The van der Waals surface area contributed by atoms with Gasteiger partial charge in [0.1, 0.15) is 5.75 Å². The first-order valence-electron chi connectivity index (χ1n) is 5.65. The third-order valence-corrected chi connectivity index (χ3v) is 2.60. The Kier molecular flexibility index (Phi) is 5.38. The summed E-state index contributed by atoms with van der Waals surface area (Å²) in [5.74, 6) is 0.755. The molecule has 0 atom stereocenters. The normalized spacial score (nSPS) is 12.5. The minimum absolute atomic E-state index is 0.0117. The summed E-state index contributed by atoms with van der Waals surface area (Å²) in [6.07, 6.45) is 5.32. The number of aliphatic imine (C=N–C) groups is 1. The summed E-state index contributed by atoms with van der Waals surface area (Å²) in [4.78, 5) is 4.23. The Morgan fingerprint density at radius 1 is 1.44 bits per heavy atom. The van der Waals surface area contributed by atoms with Gasteiger partial charge in [-0.1, -0.05) is 11.6 Å². The third-order valence-electron chi connectivity index (χ3n) is 2.36. The summed E-state index contributed by atoms with van der Waals surface area (Å²) in [6, 6.07) is 5.42. The molecule has 0 heterocycles. The molecular weight excluding hydrogens is 250 g/mol. The number of halogens is 1. The molecule has 0 aliphatic carbocycles. The minimum atomic E-state index is -0.456. The van der Waals surface area contributed by atoms with E-state index in [9.17, 15) is 0 Å². The zero-order chi connectivity index (χ0) is 13.6. The van der Waals surface area contributed by atoms with E-state index in [1.807, 2.05) is 32.1 Å². The van der Waals surface area contributed by atoms with E-state index < -0.39 is 5.54 Å². The number of hydrogen-bond donors (Lipinski definition) is 1. The van der Waals surface area contributed by atoms with Gasteiger partial charge >= 0.3 is 0 Å². The lowest BCUT2D eigenvalue weighted by Crippen LogP contribution is -2.21. The van der Waals surface area contributed by atoms with Crippen LogP contribution in [0.25, 0.3) is 6.08 Å². The molecule has 4 heteroatoms. The Balaban J connectivity index is 2.81. The second-order valence-electron chi connectivity index (χ2n) is 4.49. The molecule has 0 saturated heterocycles. The van der Waals surface area contributed by atoms with Crippen molar-refractivity contribution in [2.24, 2.45) is 4.99 Å². The van der Waals surface area contributed by atoms with Crippen molar-refractivity contribution in [3.63, 3.8) is 0 Å². The summed E-state index contributed by atoms with van der Waals surface area (Å²) in [5, 5.41) is 9.71. The van der Waals surface area contributed by atoms with Crippen LogP contribution in [0.15, 0.2) is 29.3 Å². The highest BCUT2D eigenvalue weighted by Crippen LogP contribution is 2.23. The van der Waals surface area contributed by atoms with Crippen LogP contribution in [0.4, 0.5) is 0 Å². The fourth-order valence-corrected chi connectivity index (χ4v) is 1.45. The molecule has 0 aliphatic heterocycles. The van der Waals surface area contributed by atoms with Gasteiger partial charge in [-0.3, -0.25) is 4.99 Å². The number of rotatable bonds is 5. The summed E-state index contributed by atoms with van der Waals surface area (Å²) >= 11 is 5.93. The van der Waals surface area contributed by atoms with Crippen LogP contribution in [-0.4, -0.2) is 30.6 Å². The lowest BCUT2D eigenvalue weighted by molar-refractivity contribution is 0.223. The van der Waals surface area contributed by atoms with Crippen LogP contribution in [0, 0.1) is 0 Å². The molecule has 0 bridgehead atoms. The standard InChI is InChI=1S/C14H18ClNO2/c1-14(2,10-17)16-8-4-5-11-9-12(15)6-7-13(11)18-3/h4-9,17H,10H2,1-3H3/b5-4+,16-8?. The van der Waals surface area contributed by atoms with Gasteiger partial charge in [0.15, 0.2) is 0 Å². The van der Waals surface area contributed by atoms with Crippen molar-refractivity contribution in [2.45, 2.75) is 19.4 Å². The topological polar surface area (TPSA) is 41.8 Å².